The minimum Gasteiger partial charge on any atom is -0.493 e. The van der Waals surface area contributed by atoms with Crippen molar-refractivity contribution in [2.75, 3.05) is 25.1 Å². The molecule has 1 atom stereocenters. The molecule has 0 aliphatic carbocycles. The number of sulfonamides is 1. The second-order valence-corrected chi connectivity index (χ2v) is 14.1. The lowest BCUT2D eigenvalue weighted by Gasteiger charge is -2.34. The molecule has 0 unspecified atom stereocenters. The van der Waals surface area contributed by atoms with E-state index < -0.39 is 34.4 Å². The van der Waals surface area contributed by atoms with Crippen molar-refractivity contribution in [2.45, 2.75) is 50.7 Å². The molecular formula is C36H39Cl2N3O6S. The van der Waals surface area contributed by atoms with Crippen LogP contribution < -0.4 is 19.1 Å². The fourth-order valence-electron chi connectivity index (χ4n) is 5.13. The van der Waals surface area contributed by atoms with Crippen LogP contribution >= 0.6 is 23.2 Å². The van der Waals surface area contributed by atoms with Gasteiger partial charge in [0.15, 0.2) is 11.5 Å². The van der Waals surface area contributed by atoms with Crippen LogP contribution in [0.15, 0.2) is 95.9 Å². The molecule has 4 aromatic carbocycles. The van der Waals surface area contributed by atoms with Gasteiger partial charge in [-0.2, -0.15) is 0 Å². The highest BCUT2D eigenvalue weighted by molar-refractivity contribution is 7.92. The molecule has 48 heavy (non-hydrogen) atoms. The summed E-state index contributed by atoms with van der Waals surface area (Å²) >= 11 is 13.2. The van der Waals surface area contributed by atoms with E-state index in [-0.39, 0.29) is 35.3 Å². The van der Waals surface area contributed by atoms with Crippen molar-refractivity contribution in [1.29, 1.82) is 0 Å². The Morgan fingerprint density at radius 3 is 2.04 bits per heavy atom. The van der Waals surface area contributed by atoms with Crippen molar-refractivity contribution >= 4 is 50.7 Å². The van der Waals surface area contributed by atoms with Gasteiger partial charge in [0, 0.05) is 40.7 Å². The van der Waals surface area contributed by atoms with Crippen LogP contribution in [0.4, 0.5) is 5.69 Å². The van der Waals surface area contributed by atoms with Crippen molar-refractivity contribution < 1.29 is 27.5 Å². The molecule has 4 aromatic rings. The van der Waals surface area contributed by atoms with E-state index in [2.05, 4.69) is 5.32 Å². The summed E-state index contributed by atoms with van der Waals surface area (Å²) in [5.41, 5.74) is 2.38. The summed E-state index contributed by atoms with van der Waals surface area (Å²) < 4.78 is 40.5. The van der Waals surface area contributed by atoms with Crippen LogP contribution in [0.25, 0.3) is 0 Å². The maximum Gasteiger partial charge on any atom is 0.264 e. The molecule has 12 heteroatoms. The minimum absolute atomic E-state index is 0.118. The summed E-state index contributed by atoms with van der Waals surface area (Å²) in [5, 5.41) is 3.53. The Labute approximate surface area is 292 Å². The summed E-state index contributed by atoms with van der Waals surface area (Å²) in [6, 6.07) is 24.0. The Balaban J connectivity index is 1.86. The number of amides is 2. The summed E-state index contributed by atoms with van der Waals surface area (Å²) in [4.78, 5) is 29.8. The number of ether oxygens (including phenoxy) is 2. The smallest absolute Gasteiger partial charge is 0.264 e. The van der Waals surface area contributed by atoms with Gasteiger partial charge in [0.05, 0.1) is 24.8 Å². The Morgan fingerprint density at radius 1 is 0.833 bits per heavy atom. The fourth-order valence-corrected chi connectivity index (χ4v) is 7.08. The summed E-state index contributed by atoms with van der Waals surface area (Å²) in [5.74, 6) is -0.500. The molecule has 0 fully saturated rings. The van der Waals surface area contributed by atoms with Crippen molar-refractivity contribution in [3.63, 3.8) is 0 Å². The largest absolute Gasteiger partial charge is 0.493 e. The molecule has 0 saturated carbocycles. The number of nitrogens with one attached hydrogen (secondary N) is 1. The van der Waals surface area contributed by atoms with Gasteiger partial charge in [0.2, 0.25) is 11.8 Å². The van der Waals surface area contributed by atoms with E-state index in [0.29, 0.717) is 21.4 Å². The first-order chi connectivity index (χ1) is 22.8. The molecule has 2 amide bonds. The number of rotatable bonds is 14. The fraction of sp³-hybridized carbons (Fsp3) is 0.278. The highest BCUT2D eigenvalue weighted by atomic mass is 35.5. The average Bonchev–Trinajstić information content (AvgIpc) is 3.06. The zero-order valence-corrected chi connectivity index (χ0v) is 29.8. The van der Waals surface area contributed by atoms with Crippen LogP contribution in [0.3, 0.4) is 0 Å². The summed E-state index contributed by atoms with van der Waals surface area (Å²) in [6.45, 7) is 4.73. The van der Waals surface area contributed by atoms with E-state index in [0.717, 1.165) is 15.4 Å². The highest BCUT2D eigenvalue weighted by Crippen LogP contribution is 2.33. The Morgan fingerprint density at radius 2 is 1.46 bits per heavy atom. The maximum atomic E-state index is 14.7. The third-order valence-electron chi connectivity index (χ3n) is 7.64. The van der Waals surface area contributed by atoms with E-state index in [4.69, 9.17) is 32.7 Å². The number of benzene rings is 4. The standard InChI is InChI=1S/C36H39Cl2N3O6S/c1-24(2)39-36(43)32(20-26-10-7-6-8-11-26)40(22-29-30(37)12-9-13-31(29)38)35(42)23-41(27-16-14-25(3)15-17-27)48(44,45)28-18-19-33(46-4)34(21-28)47-5/h6-19,21,24,32H,20,22-23H2,1-5H3,(H,39,43)/t32-/m1/s1. The lowest BCUT2D eigenvalue weighted by atomic mass is 10.0. The van der Waals surface area contributed by atoms with Gasteiger partial charge in [-0.05, 0) is 62.7 Å². The van der Waals surface area contributed by atoms with Crippen LogP contribution in [-0.4, -0.2) is 58.0 Å². The van der Waals surface area contributed by atoms with Gasteiger partial charge < -0.3 is 19.7 Å². The average molecular weight is 713 g/mol. The van der Waals surface area contributed by atoms with E-state index in [1.807, 2.05) is 51.1 Å². The van der Waals surface area contributed by atoms with Crippen LogP contribution in [0, 0.1) is 6.92 Å². The normalized spacial score (nSPS) is 11.9. The number of hydrogen-bond acceptors (Lipinski definition) is 6. The number of carbonyl (C=O) groups is 2. The molecule has 9 nitrogen and oxygen atoms in total. The van der Waals surface area contributed by atoms with Crippen molar-refractivity contribution in [2.24, 2.45) is 0 Å². The van der Waals surface area contributed by atoms with Gasteiger partial charge in [0.1, 0.15) is 12.6 Å². The molecule has 0 aliphatic rings. The van der Waals surface area contributed by atoms with Gasteiger partial charge in [-0.25, -0.2) is 8.42 Å². The number of halogens is 2. The van der Waals surface area contributed by atoms with Crippen molar-refractivity contribution in [3.8, 4) is 11.5 Å². The van der Waals surface area contributed by atoms with E-state index in [1.165, 1.54) is 37.3 Å². The second-order valence-electron chi connectivity index (χ2n) is 11.5. The molecule has 4 rings (SSSR count). The number of carbonyl (C=O) groups excluding carboxylic acids is 2. The topological polar surface area (TPSA) is 105 Å². The van der Waals surface area contributed by atoms with Crippen LogP contribution in [-0.2, 0) is 32.6 Å². The number of hydrogen-bond donors (Lipinski definition) is 1. The molecule has 0 aliphatic heterocycles. The number of aryl methyl sites for hydroxylation is 1. The first kappa shape index (κ1) is 36.6. The zero-order chi connectivity index (χ0) is 35.0. The number of methoxy groups -OCH3 is 2. The molecule has 0 heterocycles. The lowest BCUT2D eigenvalue weighted by Crippen LogP contribution is -2.54. The first-order valence-corrected chi connectivity index (χ1v) is 17.4. The van der Waals surface area contributed by atoms with Gasteiger partial charge in [-0.3, -0.25) is 13.9 Å². The molecule has 0 saturated heterocycles. The zero-order valence-electron chi connectivity index (χ0n) is 27.4. The van der Waals surface area contributed by atoms with Crippen LogP contribution in [0.1, 0.15) is 30.5 Å². The molecule has 0 spiro atoms. The van der Waals surface area contributed by atoms with E-state index in [9.17, 15) is 18.0 Å². The quantitative estimate of drug-likeness (QED) is 0.157. The van der Waals surface area contributed by atoms with Gasteiger partial charge in [-0.15, -0.1) is 0 Å². The monoisotopic (exact) mass is 711 g/mol. The van der Waals surface area contributed by atoms with Gasteiger partial charge >= 0.3 is 0 Å². The maximum absolute atomic E-state index is 14.7. The predicted octanol–water partition coefficient (Wildman–Crippen LogP) is 6.68. The molecule has 0 bridgehead atoms. The summed E-state index contributed by atoms with van der Waals surface area (Å²) in [6.07, 6.45) is 0.153. The first-order valence-electron chi connectivity index (χ1n) is 15.2. The predicted molar refractivity (Wildman–Crippen MR) is 189 cm³/mol. The third-order valence-corrected chi connectivity index (χ3v) is 10.1. The Kier molecular flexibility index (Phi) is 12.4. The van der Waals surface area contributed by atoms with Crippen molar-refractivity contribution in [1.82, 2.24) is 10.2 Å². The van der Waals surface area contributed by atoms with Crippen LogP contribution in [0.5, 0.6) is 11.5 Å². The molecule has 0 radical (unpaired) electrons. The summed E-state index contributed by atoms with van der Waals surface area (Å²) in [7, 11) is -1.51. The van der Waals surface area contributed by atoms with Gasteiger partial charge in [0.25, 0.3) is 10.0 Å². The molecule has 0 aromatic heterocycles. The van der Waals surface area contributed by atoms with Gasteiger partial charge in [-0.1, -0.05) is 77.3 Å². The second kappa shape index (κ2) is 16.2. The van der Waals surface area contributed by atoms with Crippen molar-refractivity contribution in [3.05, 3.63) is 118 Å². The van der Waals surface area contributed by atoms with E-state index in [1.54, 1.807) is 42.5 Å². The van der Waals surface area contributed by atoms with Crippen LogP contribution in [0.2, 0.25) is 10.0 Å². The Hall–Kier alpha value is -4.25. The SMILES string of the molecule is COc1ccc(S(=O)(=O)N(CC(=O)N(Cc2c(Cl)cccc2Cl)[C@H](Cc2ccccc2)C(=O)NC(C)C)c2ccc(C)cc2)cc1OC. The lowest BCUT2D eigenvalue weighted by molar-refractivity contribution is -0.140. The minimum atomic E-state index is -4.37. The molecule has 254 valence electrons. The van der Waals surface area contributed by atoms with E-state index >= 15 is 0 Å². The number of nitrogens with zero attached hydrogens (tertiary/aromatic N) is 2. The number of anilines is 1. The third kappa shape index (κ3) is 8.80. The Bertz CT molecular complexity index is 1820. The highest BCUT2D eigenvalue weighted by Gasteiger charge is 2.35. The molecule has 1 N–H and O–H groups in total. The molecular weight excluding hydrogens is 673 g/mol.